The molecule has 84 valence electrons. The molecule has 0 aliphatic carbocycles. The highest BCUT2D eigenvalue weighted by atomic mass is 15.1. The minimum absolute atomic E-state index is 0.605. The molecule has 5 heteroatoms. The van der Waals surface area contributed by atoms with Gasteiger partial charge in [-0.2, -0.15) is 10.2 Å². The largest absolute Gasteiger partial charge is 0.350 e. The number of rotatable bonds is 3. The molecule has 1 aromatic carbocycles. The van der Waals surface area contributed by atoms with Crippen molar-refractivity contribution >= 4 is 17.0 Å². The topological polar surface area (TPSA) is 66.5 Å². The van der Waals surface area contributed by atoms with Crippen LogP contribution in [0, 0.1) is 0 Å². The lowest BCUT2D eigenvalue weighted by molar-refractivity contribution is 0.918. The molecule has 0 saturated heterocycles. The standard InChI is InChI=1S/C12H11N5/c1-2-6-11-10(5-1)15-12(16-11)13-8-9-4-3-7-14-17-9/h1-7H,8H2,(H2,13,15,16). The molecule has 0 saturated carbocycles. The molecule has 3 aromatic rings. The Balaban J connectivity index is 1.77. The van der Waals surface area contributed by atoms with Gasteiger partial charge in [0, 0.05) is 6.20 Å². The van der Waals surface area contributed by atoms with E-state index in [9.17, 15) is 0 Å². The molecular formula is C12H11N5. The molecule has 2 heterocycles. The fourth-order valence-electron chi connectivity index (χ4n) is 1.64. The Hall–Kier alpha value is -2.43. The highest BCUT2D eigenvalue weighted by Gasteiger charge is 2.01. The van der Waals surface area contributed by atoms with E-state index >= 15 is 0 Å². The van der Waals surface area contributed by atoms with Gasteiger partial charge in [-0.1, -0.05) is 12.1 Å². The number of fused-ring (bicyclic) bond motifs is 1. The Kier molecular flexibility index (Phi) is 2.42. The number of anilines is 1. The summed E-state index contributed by atoms with van der Waals surface area (Å²) in [5.74, 6) is 0.747. The van der Waals surface area contributed by atoms with Crippen LogP contribution >= 0.6 is 0 Å². The fourth-order valence-corrected chi connectivity index (χ4v) is 1.64. The third kappa shape index (κ3) is 2.08. The second-order valence-corrected chi connectivity index (χ2v) is 3.67. The summed E-state index contributed by atoms with van der Waals surface area (Å²) in [5, 5.41) is 11.0. The molecule has 0 aliphatic rings. The van der Waals surface area contributed by atoms with E-state index in [1.807, 2.05) is 36.4 Å². The molecule has 0 bridgehead atoms. The third-order valence-electron chi connectivity index (χ3n) is 2.45. The third-order valence-corrected chi connectivity index (χ3v) is 2.45. The van der Waals surface area contributed by atoms with Gasteiger partial charge in [0.2, 0.25) is 5.95 Å². The number of aromatic nitrogens is 4. The van der Waals surface area contributed by atoms with Gasteiger partial charge in [0.05, 0.1) is 23.3 Å². The van der Waals surface area contributed by atoms with Gasteiger partial charge in [-0.05, 0) is 24.3 Å². The Bertz CT molecular complexity index is 584. The van der Waals surface area contributed by atoms with Crippen molar-refractivity contribution in [1.82, 2.24) is 20.2 Å². The monoisotopic (exact) mass is 225 g/mol. The molecular weight excluding hydrogens is 214 g/mol. The van der Waals surface area contributed by atoms with Gasteiger partial charge in [0.1, 0.15) is 0 Å². The zero-order chi connectivity index (χ0) is 11.5. The first-order chi connectivity index (χ1) is 8.42. The molecule has 0 unspecified atom stereocenters. The van der Waals surface area contributed by atoms with Crippen LogP contribution in [0.2, 0.25) is 0 Å². The highest BCUT2D eigenvalue weighted by Crippen LogP contribution is 2.13. The lowest BCUT2D eigenvalue weighted by Crippen LogP contribution is -2.03. The number of benzene rings is 1. The van der Waals surface area contributed by atoms with Crippen molar-refractivity contribution < 1.29 is 0 Å². The van der Waals surface area contributed by atoms with Gasteiger partial charge in [-0.3, -0.25) is 0 Å². The maximum Gasteiger partial charge on any atom is 0.201 e. The first-order valence-electron chi connectivity index (χ1n) is 5.37. The Morgan fingerprint density at radius 3 is 2.88 bits per heavy atom. The van der Waals surface area contributed by atoms with Crippen molar-refractivity contribution in [2.24, 2.45) is 0 Å². The van der Waals surface area contributed by atoms with Gasteiger partial charge in [-0.15, -0.1) is 0 Å². The number of hydrogen-bond acceptors (Lipinski definition) is 4. The van der Waals surface area contributed by atoms with Gasteiger partial charge in [0.25, 0.3) is 0 Å². The molecule has 17 heavy (non-hydrogen) atoms. The zero-order valence-corrected chi connectivity index (χ0v) is 9.09. The Labute approximate surface area is 97.9 Å². The van der Waals surface area contributed by atoms with Gasteiger partial charge in [-0.25, -0.2) is 4.98 Å². The maximum atomic E-state index is 4.41. The van der Waals surface area contributed by atoms with E-state index < -0.39 is 0 Å². The minimum atomic E-state index is 0.605. The summed E-state index contributed by atoms with van der Waals surface area (Å²) in [6.45, 7) is 0.605. The van der Waals surface area contributed by atoms with Crippen molar-refractivity contribution in [2.75, 3.05) is 5.32 Å². The van der Waals surface area contributed by atoms with Crippen molar-refractivity contribution in [3.8, 4) is 0 Å². The van der Waals surface area contributed by atoms with E-state index in [-0.39, 0.29) is 0 Å². The molecule has 0 atom stereocenters. The summed E-state index contributed by atoms with van der Waals surface area (Å²) in [7, 11) is 0. The number of nitrogens with zero attached hydrogens (tertiary/aromatic N) is 3. The predicted molar refractivity (Wildman–Crippen MR) is 65.5 cm³/mol. The van der Waals surface area contributed by atoms with Crippen molar-refractivity contribution in [2.45, 2.75) is 6.54 Å². The Morgan fingerprint density at radius 1 is 1.12 bits per heavy atom. The van der Waals surface area contributed by atoms with Crippen LogP contribution < -0.4 is 5.32 Å². The molecule has 2 N–H and O–H groups in total. The number of nitrogens with one attached hydrogen (secondary N) is 2. The number of hydrogen-bond donors (Lipinski definition) is 2. The van der Waals surface area contributed by atoms with E-state index in [0.717, 1.165) is 22.7 Å². The second-order valence-electron chi connectivity index (χ2n) is 3.67. The van der Waals surface area contributed by atoms with Crippen LogP contribution in [-0.4, -0.2) is 20.2 Å². The molecule has 0 aliphatic heterocycles. The van der Waals surface area contributed by atoms with E-state index in [1.165, 1.54) is 0 Å². The zero-order valence-electron chi connectivity index (χ0n) is 9.09. The summed E-state index contributed by atoms with van der Waals surface area (Å²) >= 11 is 0. The summed E-state index contributed by atoms with van der Waals surface area (Å²) in [6.07, 6.45) is 1.66. The van der Waals surface area contributed by atoms with E-state index in [0.29, 0.717) is 6.54 Å². The van der Waals surface area contributed by atoms with Gasteiger partial charge >= 0.3 is 0 Å². The SMILES string of the molecule is c1cnnc(CNc2nc3ccccc3[nH]2)c1. The van der Waals surface area contributed by atoms with Crippen LogP contribution in [0.3, 0.4) is 0 Å². The Morgan fingerprint density at radius 2 is 2.06 bits per heavy atom. The van der Waals surface area contributed by atoms with Crippen LogP contribution in [0.5, 0.6) is 0 Å². The van der Waals surface area contributed by atoms with Crippen LogP contribution in [0.1, 0.15) is 5.69 Å². The van der Waals surface area contributed by atoms with Crippen molar-refractivity contribution in [3.05, 3.63) is 48.3 Å². The molecule has 0 fully saturated rings. The smallest absolute Gasteiger partial charge is 0.201 e. The minimum Gasteiger partial charge on any atom is -0.350 e. The van der Waals surface area contributed by atoms with Crippen LogP contribution in [0.4, 0.5) is 5.95 Å². The van der Waals surface area contributed by atoms with E-state index in [1.54, 1.807) is 6.20 Å². The number of imidazole rings is 1. The molecule has 0 spiro atoms. The van der Waals surface area contributed by atoms with E-state index in [2.05, 4.69) is 25.5 Å². The number of aromatic amines is 1. The van der Waals surface area contributed by atoms with Crippen LogP contribution in [0.25, 0.3) is 11.0 Å². The van der Waals surface area contributed by atoms with Crippen LogP contribution in [-0.2, 0) is 6.54 Å². The van der Waals surface area contributed by atoms with E-state index in [4.69, 9.17) is 0 Å². The van der Waals surface area contributed by atoms with Crippen LogP contribution in [0.15, 0.2) is 42.6 Å². The summed E-state index contributed by atoms with van der Waals surface area (Å²) in [4.78, 5) is 7.61. The lowest BCUT2D eigenvalue weighted by atomic mass is 10.3. The normalized spacial score (nSPS) is 10.6. The lowest BCUT2D eigenvalue weighted by Gasteiger charge is -2.00. The average molecular weight is 225 g/mol. The fraction of sp³-hybridized carbons (Fsp3) is 0.0833. The number of para-hydroxylation sites is 2. The molecule has 3 rings (SSSR count). The summed E-state index contributed by atoms with van der Waals surface area (Å²) in [5.41, 5.74) is 2.86. The highest BCUT2D eigenvalue weighted by molar-refractivity contribution is 5.77. The summed E-state index contributed by atoms with van der Waals surface area (Å²) in [6, 6.07) is 11.7. The molecule has 2 aromatic heterocycles. The average Bonchev–Trinajstić information content (AvgIpc) is 2.80. The van der Waals surface area contributed by atoms with Gasteiger partial charge < -0.3 is 10.3 Å². The second kappa shape index (κ2) is 4.21. The predicted octanol–water partition coefficient (Wildman–Crippen LogP) is 1.96. The summed E-state index contributed by atoms with van der Waals surface area (Å²) < 4.78 is 0. The van der Waals surface area contributed by atoms with Crippen molar-refractivity contribution in [1.29, 1.82) is 0 Å². The van der Waals surface area contributed by atoms with Crippen molar-refractivity contribution in [3.63, 3.8) is 0 Å². The molecule has 0 radical (unpaired) electrons. The number of H-pyrrole nitrogens is 1. The first kappa shape index (κ1) is 9.77. The first-order valence-corrected chi connectivity index (χ1v) is 5.37. The maximum absolute atomic E-state index is 4.41. The molecule has 5 nitrogen and oxygen atoms in total. The van der Waals surface area contributed by atoms with Gasteiger partial charge in [0.15, 0.2) is 0 Å². The quantitative estimate of drug-likeness (QED) is 0.715. The molecule has 0 amide bonds.